The summed E-state index contributed by atoms with van der Waals surface area (Å²) >= 11 is 0. The fraction of sp³-hybridized carbons (Fsp3) is 0.476. The fourth-order valence-electron chi connectivity index (χ4n) is 4.17. The first-order valence-corrected chi connectivity index (χ1v) is 9.58. The number of ketones is 1. The van der Waals surface area contributed by atoms with E-state index in [1.54, 1.807) is 12.4 Å². The number of nitrogens with zero attached hydrogens (tertiary/aromatic N) is 1. The first kappa shape index (κ1) is 17.9. The Morgan fingerprint density at radius 3 is 2.85 bits per heavy atom. The van der Waals surface area contributed by atoms with Crippen LogP contribution in [0.1, 0.15) is 50.5 Å². The molecule has 0 radical (unpaired) electrons. The van der Waals surface area contributed by atoms with Gasteiger partial charge in [-0.25, -0.2) is 4.79 Å². The molecule has 0 amide bonds. The molecular formula is C21H24N2O4. The monoisotopic (exact) mass is 368 g/mol. The third kappa shape index (κ3) is 3.54. The molecular weight excluding hydrogens is 344 g/mol. The normalized spacial score (nSPS) is 25.3. The number of dihydropyridines is 1. The topological polar surface area (TPSA) is 77.5 Å². The molecule has 0 unspecified atom stereocenters. The lowest BCUT2D eigenvalue weighted by molar-refractivity contribution is -0.142. The summed E-state index contributed by atoms with van der Waals surface area (Å²) in [6.45, 7) is 2.84. The number of aromatic nitrogens is 1. The molecule has 0 saturated carbocycles. The van der Waals surface area contributed by atoms with Gasteiger partial charge in [-0.1, -0.05) is 0 Å². The summed E-state index contributed by atoms with van der Waals surface area (Å²) in [7, 11) is 0. The van der Waals surface area contributed by atoms with Gasteiger partial charge in [-0.3, -0.25) is 9.78 Å². The Kier molecular flexibility index (Phi) is 5.07. The number of carbonyl (C=O) groups excluding carboxylic acids is 2. The summed E-state index contributed by atoms with van der Waals surface area (Å²) in [5, 5.41) is 3.30. The van der Waals surface area contributed by atoms with Gasteiger partial charge in [0.05, 0.1) is 11.7 Å². The van der Waals surface area contributed by atoms with E-state index in [0.717, 1.165) is 49.2 Å². The number of hydrogen-bond donors (Lipinski definition) is 1. The van der Waals surface area contributed by atoms with Crippen molar-refractivity contribution < 1.29 is 19.1 Å². The second kappa shape index (κ2) is 7.64. The van der Waals surface area contributed by atoms with Crippen LogP contribution >= 0.6 is 0 Å². The number of nitrogens with one attached hydrogen (secondary N) is 1. The third-order valence-corrected chi connectivity index (χ3v) is 5.46. The molecule has 1 N–H and O–H groups in total. The van der Waals surface area contributed by atoms with Crippen molar-refractivity contribution in [2.45, 2.75) is 51.0 Å². The third-order valence-electron chi connectivity index (χ3n) is 5.46. The van der Waals surface area contributed by atoms with Crippen LogP contribution in [0.3, 0.4) is 0 Å². The van der Waals surface area contributed by atoms with Crippen LogP contribution in [0.4, 0.5) is 0 Å². The highest BCUT2D eigenvalue weighted by atomic mass is 16.6. The fourth-order valence-corrected chi connectivity index (χ4v) is 4.17. The van der Waals surface area contributed by atoms with E-state index in [-0.39, 0.29) is 24.5 Å². The summed E-state index contributed by atoms with van der Waals surface area (Å²) in [4.78, 5) is 29.8. The molecule has 2 aliphatic heterocycles. The molecule has 3 heterocycles. The summed E-state index contributed by atoms with van der Waals surface area (Å²) in [6.07, 6.45) is 7.42. The second-order valence-corrected chi connectivity index (χ2v) is 7.28. The van der Waals surface area contributed by atoms with Crippen LogP contribution in [-0.4, -0.2) is 36.1 Å². The van der Waals surface area contributed by atoms with E-state index in [4.69, 9.17) is 9.47 Å². The van der Waals surface area contributed by atoms with Crippen LogP contribution in [0.15, 0.2) is 47.1 Å². The van der Waals surface area contributed by atoms with E-state index in [0.29, 0.717) is 17.6 Å². The highest BCUT2D eigenvalue weighted by Gasteiger charge is 2.39. The van der Waals surface area contributed by atoms with Crippen LogP contribution in [0.2, 0.25) is 0 Å². The average Bonchev–Trinajstić information content (AvgIpc) is 3.19. The molecule has 1 aromatic heterocycles. The summed E-state index contributed by atoms with van der Waals surface area (Å²) in [5.74, 6) is -0.696. The first-order valence-electron chi connectivity index (χ1n) is 9.58. The largest absolute Gasteiger partial charge is 0.459 e. The highest BCUT2D eigenvalue weighted by molar-refractivity contribution is 6.03. The van der Waals surface area contributed by atoms with Crippen LogP contribution < -0.4 is 5.32 Å². The Morgan fingerprint density at radius 1 is 1.30 bits per heavy atom. The van der Waals surface area contributed by atoms with Crippen LogP contribution in [0.25, 0.3) is 0 Å². The number of allylic oxidation sites excluding steroid dienone is 3. The smallest absolute Gasteiger partial charge is 0.336 e. The Labute approximate surface area is 158 Å². The maximum absolute atomic E-state index is 13.0. The SMILES string of the molecule is CC1=C(C(=O)OC[C@H]2CCCO2)[C@@H](c2ccncc2)C2=C(CCCC2=O)N1. The van der Waals surface area contributed by atoms with Crippen molar-refractivity contribution in [3.05, 3.63) is 52.6 Å². The number of rotatable bonds is 4. The molecule has 4 rings (SSSR count). The van der Waals surface area contributed by atoms with Gasteiger partial charge in [-0.2, -0.15) is 0 Å². The number of pyridine rings is 1. The molecule has 3 aliphatic rings. The van der Waals surface area contributed by atoms with E-state index in [1.807, 2.05) is 19.1 Å². The van der Waals surface area contributed by atoms with E-state index < -0.39 is 5.92 Å². The lowest BCUT2D eigenvalue weighted by Gasteiger charge is -2.34. The Balaban J connectivity index is 1.67. The number of ether oxygens (including phenoxy) is 2. The molecule has 1 aromatic rings. The van der Waals surface area contributed by atoms with Crippen molar-refractivity contribution in [3.8, 4) is 0 Å². The second-order valence-electron chi connectivity index (χ2n) is 7.28. The minimum atomic E-state index is -0.408. The van der Waals surface area contributed by atoms with Gasteiger partial charge in [-0.15, -0.1) is 0 Å². The van der Waals surface area contributed by atoms with Crippen LogP contribution in [-0.2, 0) is 19.1 Å². The van der Waals surface area contributed by atoms with Gasteiger partial charge in [0.2, 0.25) is 0 Å². The molecule has 0 spiro atoms. The average molecular weight is 368 g/mol. The van der Waals surface area contributed by atoms with Crippen molar-refractivity contribution in [2.75, 3.05) is 13.2 Å². The lowest BCUT2D eigenvalue weighted by Crippen LogP contribution is -2.35. The number of esters is 1. The standard InChI is InChI=1S/C21H24N2O4/c1-13-18(21(25)27-12-15-4-3-11-26-15)19(14-7-9-22-10-8-14)20-16(23-13)5-2-6-17(20)24/h7-10,15,19,23H,2-6,11-12H2,1H3/t15-,19-/m1/s1. The summed E-state index contributed by atoms with van der Waals surface area (Å²) in [5.41, 5.74) is 3.77. The molecule has 6 heteroatoms. The molecule has 1 saturated heterocycles. The van der Waals surface area contributed by atoms with E-state index in [9.17, 15) is 9.59 Å². The van der Waals surface area contributed by atoms with Gasteiger partial charge in [0, 0.05) is 48.3 Å². The van der Waals surface area contributed by atoms with Crippen LogP contribution in [0, 0.1) is 0 Å². The summed E-state index contributed by atoms with van der Waals surface area (Å²) < 4.78 is 11.1. The van der Waals surface area contributed by atoms with Gasteiger partial charge >= 0.3 is 5.97 Å². The van der Waals surface area contributed by atoms with E-state index >= 15 is 0 Å². The lowest BCUT2D eigenvalue weighted by atomic mass is 9.75. The molecule has 2 atom stereocenters. The predicted octanol–water partition coefficient (Wildman–Crippen LogP) is 2.77. The highest BCUT2D eigenvalue weighted by Crippen LogP contribution is 2.42. The van der Waals surface area contributed by atoms with Gasteiger partial charge in [0.15, 0.2) is 5.78 Å². The Hall–Kier alpha value is -2.47. The maximum atomic E-state index is 13.0. The quantitative estimate of drug-likeness (QED) is 0.824. The molecule has 0 bridgehead atoms. The molecule has 6 nitrogen and oxygen atoms in total. The number of Topliss-reactive ketones (excluding diaryl/α,β-unsaturated/α-hetero) is 1. The van der Waals surface area contributed by atoms with Gasteiger partial charge in [0.25, 0.3) is 0 Å². The molecule has 0 aromatic carbocycles. The van der Waals surface area contributed by atoms with E-state index in [1.165, 1.54) is 0 Å². The van der Waals surface area contributed by atoms with Gasteiger partial charge in [-0.05, 0) is 50.3 Å². The van der Waals surface area contributed by atoms with Gasteiger partial charge < -0.3 is 14.8 Å². The van der Waals surface area contributed by atoms with Crippen molar-refractivity contribution in [3.63, 3.8) is 0 Å². The molecule has 142 valence electrons. The zero-order chi connectivity index (χ0) is 18.8. The Morgan fingerprint density at radius 2 is 2.11 bits per heavy atom. The van der Waals surface area contributed by atoms with Gasteiger partial charge in [0.1, 0.15) is 6.61 Å². The maximum Gasteiger partial charge on any atom is 0.336 e. The minimum absolute atomic E-state index is 0.0307. The zero-order valence-electron chi connectivity index (χ0n) is 15.5. The van der Waals surface area contributed by atoms with Crippen molar-refractivity contribution in [1.82, 2.24) is 10.3 Å². The molecule has 1 fully saturated rings. The minimum Gasteiger partial charge on any atom is -0.459 e. The first-order chi connectivity index (χ1) is 13.1. The molecule has 27 heavy (non-hydrogen) atoms. The van der Waals surface area contributed by atoms with Crippen molar-refractivity contribution in [2.24, 2.45) is 0 Å². The Bertz CT molecular complexity index is 807. The van der Waals surface area contributed by atoms with Crippen LogP contribution in [0.5, 0.6) is 0 Å². The number of carbonyl (C=O) groups is 2. The van der Waals surface area contributed by atoms with Crippen molar-refractivity contribution in [1.29, 1.82) is 0 Å². The zero-order valence-corrected chi connectivity index (χ0v) is 15.5. The predicted molar refractivity (Wildman–Crippen MR) is 98.6 cm³/mol. The molecule has 1 aliphatic carbocycles. The number of hydrogen-bond acceptors (Lipinski definition) is 6. The summed E-state index contributed by atoms with van der Waals surface area (Å²) in [6, 6.07) is 3.73. The van der Waals surface area contributed by atoms with Crippen molar-refractivity contribution >= 4 is 11.8 Å². The van der Waals surface area contributed by atoms with E-state index in [2.05, 4.69) is 10.3 Å².